The summed E-state index contributed by atoms with van der Waals surface area (Å²) in [5.74, 6) is 0.183. The summed E-state index contributed by atoms with van der Waals surface area (Å²) >= 11 is 0. The molecule has 4 heteroatoms. The fourth-order valence-electron chi connectivity index (χ4n) is 2.60. The SMILES string of the molecule is CC(=O)c1cccc(OCC(=O)Nc2ccccc2-c2ccccc2)c1. The zero-order valence-corrected chi connectivity index (χ0v) is 14.4. The fraction of sp³-hybridized carbons (Fsp3) is 0.0909. The fourth-order valence-corrected chi connectivity index (χ4v) is 2.60. The number of hydrogen-bond acceptors (Lipinski definition) is 3. The lowest BCUT2D eigenvalue weighted by Gasteiger charge is -2.12. The van der Waals surface area contributed by atoms with Crippen molar-refractivity contribution >= 4 is 17.4 Å². The molecule has 130 valence electrons. The quantitative estimate of drug-likeness (QED) is 0.666. The number of Topliss-reactive ketones (excluding diaryl/α,β-unsaturated/α-hetero) is 1. The average Bonchev–Trinajstić information content (AvgIpc) is 2.68. The molecule has 1 N–H and O–H groups in total. The van der Waals surface area contributed by atoms with E-state index in [1.54, 1.807) is 24.3 Å². The van der Waals surface area contributed by atoms with E-state index in [-0.39, 0.29) is 18.3 Å². The molecule has 3 aromatic rings. The minimum absolute atomic E-state index is 0.0447. The molecule has 0 heterocycles. The molecular formula is C22H19NO3. The Hall–Kier alpha value is -3.40. The maximum atomic E-state index is 12.3. The zero-order chi connectivity index (χ0) is 18.4. The number of ketones is 1. The van der Waals surface area contributed by atoms with E-state index in [4.69, 9.17) is 4.74 Å². The topological polar surface area (TPSA) is 55.4 Å². The smallest absolute Gasteiger partial charge is 0.262 e. The number of benzene rings is 3. The van der Waals surface area contributed by atoms with Gasteiger partial charge in [-0.2, -0.15) is 0 Å². The van der Waals surface area contributed by atoms with Gasteiger partial charge in [0.25, 0.3) is 5.91 Å². The van der Waals surface area contributed by atoms with Crippen molar-refractivity contribution in [2.24, 2.45) is 0 Å². The highest BCUT2D eigenvalue weighted by atomic mass is 16.5. The summed E-state index contributed by atoms with van der Waals surface area (Å²) in [6.45, 7) is 1.36. The van der Waals surface area contributed by atoms with Crippen molar-refractivity contribution < 1.29 is 14.3 Å². The largest absolute Gasteiger partial charge is 0.484 e. The summed E-state index contributed by atoms with van der Waals surface area (Å²) in [5.41, 5.74) is 3.25. The van der Waals surface area contributed by atoms with Gasteiger partial charge in [-0.1, -0.05) is 60.7 Å². The molecule has 26 heavy (non-hydrogen) atoms. The molecule has 0 spiro atoms. The number of anilines is 1. The minimum Gasteiger partial charge on any atom is -0.484 e. The first kappa shape index (κ1) is 17.4. The van der Waals surface area contributed by atoms with E-state index in [1.165, 1.54) is 6.92 Å². The van der Waals surface area contributed by atoms with Crippen molar-refractivity contribution in [1.82, 2.24) is 0 Å². The Labute approximate surface area is 152 Å². The van der Waals surface area contributed by atoms with E-state index in [2.05, 4.69) is 5.32 Å². The molecule has 0 fully saturated rings. The Morgan fingerprint density at radius 3 is 2.38 bits per heavy atom. The summed E-state index contributed by atoms with van der Waals surface area (Å²) < 4.78 is 5.51. The lowest BCUT2D eigenvalue weighted by atomic mass is 10.0. The van der Waals surface area contributed by atoms with Crippen LogP contribution in [0.25, 0.3) is 11.1 Å². The first-order valence-corrected chi connectivity index (χ1v) is 8.31. The van der Waals surface area contributed by atoms with Crippen LogP contribution in [0.2, 0.25) is 0 Å². The molecule has 0 aromatic heterocycles. The molecule has 3 aromatic carbocycles. The molecule has 0 radical (unpaired) electrons. The van der Waals surface area contributed by atoms with Crippen LogP contribution in [0.5, 0.6) is 5.75 Å². The van der Waals surface area contributed by atoms with Gasteiger partial charge in [-0.05, 0) is 30.7 Å². The lowest BCUT2D eigenvalue weighted by Crippen LogP contribution is -2.20. The number of hydrogen-bond donors (Lipinski definition) is 1. The molecule has 0 aliphatic rings. The molecule has 0 aliphatic heterocycles. The Morgan fingerprint density at radius 2 is 1.62 bits per heavy atom. The van der Waals surface area contributed by atoms with Gasteiger partial charge in [0.15, 0.2) is 12.4 Å². The van der Waals surface area contributed by atoms with Gasteiger partial charge in [0.2, 0.25) is 0 Å². The lowest BCUT2D eigenvalue weighted by molar-refractivity contribution is -0.118. The second-order valence-electron chi connectivity index (χ2n) is 5.83. The van der Waals surface area contributed by atoms with E-state index in [9.17, 15) is 9.59 Å². The number of nitrogens with one attached hydrogen (secondary N) is 1. The van der Waals surface area contributed by atoms with Gasteiger partial charge in [0, 0.05) is 16.8 Å². The number of carbonyl (C=O) groups excluding carboxylic acids is 2. The molecular weight excluding hydrogens is 326 g/mol. The molecule has 0 bridgehead atoms. The third-order valence-corrected chi connectivity index (χ3v) is 3.90. The summed E-state index contributed by atoms with van der Waals surface area (Å²) in [6, 6.07) is 24.3. The van der Waals surface area contributed by atoms with Gasteiger partial charge in [-0.25, -0.2) is 0 Å². The Kier molecular flexibility index (Phi) is 5.44. The predicted octanol–water partition coefficient (Wildman–Crippen LogP) is 4.57. The van der Waals surface area contributed by atoms with E-state index in [0.717, 1.165) is 16.8 Å². The first-order chi connectivity index (χ1) is 12.6. The first-order valence-electron chi connectivity index (χ1n) is 8.31. The highest BCUT2D eigenvalue weighted by Gasteiger charge is 2.09. The third-order valence-electron chi connectivity index (χ3n) is 3.90. The summed E-state index contributed by atoms with van der Waals surface area (Å²) in [4.78, 5) is 23.7. The van der Waals surface area contributed by atoms with Gasteiger partial charge in [0.1, 0.15) is 5.75 Å². The molecule has 0 unspecified atom stereocenters. The van der Waals surface area contributed by atoms with Crippen LogP contribution in [0.1, 0.15) is 17.3 Å². The van der Waals surface area contributed by atoms with Crippen LogP contribution in [0, 0.1) is 0 Å². The Balaban J connectivity index is 1.68. The van der Waals surface area contributed by atoms with E-state index in [0.29, 0.717) is 11.3 Å². The van der Waals surface area contributed by atoms with E-state index < -0.39 is 0 Å². The van der Waals surface area contributed by atoms with Crippen LogP contribution in [0.4, 0.5) is 5.69 Å². The van der Waals surface area contributed by atoms with Crippen LogP contribution in [0.3, 0.4) is 0 Å². The minimum atomic E-state index is -0.262. The predicted molar refractivity (Wildman–Crippen MR) is 102 cm³/mol. The van der Waals surface area contributed by atoms with E-state index in [1.807, 2.05) is 54.6 Å². The van der Waals surface area contributed by atoms with Crippen LogP contribution >= 0.6 is 0 Å². The standard InChI is InChI=1S/C22H19NO3/c1-16(24)18-10-7-11-19(14-18)26-15-22(25)23-21-13-6-5-12-20(21)17-8-3-2-4-9-17/h2-14H,15H2,1H3,(H,23,25). The van der Waals surface area contributed by atoms with E-state index >= 15 is 0 Å². The van der Waals surface area contributed by atoms with Crippen LogP contribution in [-0.4, -0.2) is 18.3 Å². The highest BCUT2D eigenvalue weighted by molar-refractivity contribution is 5.96. The third kappa shape index (κ3) is 4.36. The van der Waals surface area contributed by atoms with Crippen molar-refractivity contribution in [2.75, 3.05) is 11.9 Å². The monoisotopic (exact) mass is 345 g/mol. The van der Waals surface area contributed by atoms with Crippen molar-refractivity contribution in [3.05, 3.63) is 84.4 Å². The van der Waals surface area contributed by atoms with Gasteiger partial charge < -0.3 is 10.1 Å². The Bertz CT molecular complexity index is 919. The van der Waals surface area contributed by atoms with Gasteiger partial charge in [-0.3, -0.25) is 9.59 Å². The van der Waals surface area contributed by atoms with Crippen molar-refractivity contribution in [3.8, 4) is 16.9 Å². The molecule has 0 atom stereocenters. The molecule has 0 saturated carbocycles. The van der Waals surface area contributed by atoms with Gasteiger partial charge in [0.05, 0.1) is 0 Å². The van der Waals surface area contributed by atoms with Crippen molar-refractivity contribution in [1.29, 1.82) is 0 Å². The number of rotatable bonds is 6. The summed E-state index contributed by atoms with van der Waals surface area (Å²) in [5, 5.41) is 2.89. The summed E-state index contributed by atoms with van der Waals surface area (Å²) in [6.07, 6.45) is 0. The molecule has 3 rings (SSSR count). The van der Waals surface area contributed by atoms with Crippen molar-refractivity contribution in [2.45, 2.75) is 6.92 Å². The van der Waals surface area contributed by atoms with Gasteiger partial charge in [-0.15, -0.1) is 0 Å². The maximum Gasteiger partial charge on any atom is 0.262 e. The number of carbonyl (C=O) groups is 2. The second kappa shape index (κ2) is 8.12. The highest BCUT2D eigenvalue weighted by Crippen LogP contribution is 2.27. The van der Waals surface area contributed by atoms with Crippen LogP contribution < -0.4 is 10.1 Å². The van der Waals surface area contributed by atoms with Crippen LogP contribution in [-0.2, 0) is 4.79 Å². The second-order valence-corrected chi connectivity index (χ2v) is 5.83. The summed E-state index contributed by atoms with van der Waals surface area (Å²) in [7, 11) is 0. The number of para-hydroxylation sites is 1. The van der Waals surface area contributed by atoms with Gasteiger partial charge >= 0.3 is 0 Å². The molecule has 1 amide bonds. The van der Waals surface area contributed by atoms with Crippen LogP contribution in [0.15, 0.2) is 78.9 Å². The molecule has 0 saturated heterocycles. The van der Waals surface area contributed by atoms with Crippen molar-refractivity contribution in [3.63, 3.8) is 0 Å². The average molecular weight is 345 g/mol. The number of ether oxygens (including phenoxy) is 1. The zero-order valence-electron chi connectivity index (χ0n) is 14.4. The Morgan fingerprint density at radius 1 is 0.885 bits per heavy atom. The molecule has 0 aliphatic carbocycles. The normalized spacial score (nSPS) is 10.2. The maximum absolute atomic E-state index is 12.3. The number of amides is 1. The molecule has 4 nitrogen and oxygen atoms in total.